The van der Waals surface area contributed by atoms with Crippen molar-refractivity contribution in [1.82, 2.24) is 4.98 Å². The van der Waals surface area contributed by atoms with Crippen LogP contribution in [-0.4, -0.2) is 37.0 Å². The summed E-state index contributed by atoms with van der Waals surface area (Å²) in [6.45, 7) is 3.21. The smallest absolute Gasteiger partial charge is 0.139 e. The van der Waals surface area contributed by atoms with Gasteiger partial charge in [-0.3, -0.25) is 5.41 Å². The molecule has 2 aromatic rings. The average molecular weight is 299 g/mol. The number of nitrogens with zero attached hydrogens (tertiary/aromatic N) is 3. The Morgan fingerprint density at radius 2 is 1.68 bits per heavy atom. The van der Waals surface area contributed by atoms with Gasteiger partial charge in [-0.25, -0.2) is 9.37 Å². The zero-order valence-corrected chi connectivity index (χ0v) is 12.2. The number of halogens is 1. The van der Waals surface area contributed by atoms with Crippen molar-refractivity contribution in [3.8, 4) is 0 Å². The molecule has 1 fully saturated rings. The molecule has 0 saturated carbocycles. The van der Waals surface area contributed by atoms with Crippen molar-refractivity contribution in [2.45, 2.75) is 0 Å². The maximum atomic E-state index is 13.0. The number of aromatic nitrogens is 1. The number of nitrogen functional groups attached to an aromatic ring is 1. The summed E-state index contributed by atoms with van der Waals surface area (Å²) in [6.07, 6.45) is 1.72. The van der Waals surface area contributed by atoms with E-state index in [4.69, 9.17) is 11.1 Å². The van der Waals surface area contributed by atoms with Crippen molar-refractivity contribution in [3.05, 3.63) is 54.0 Å². The van der Waals surface area contributed by atoms with Crippen molar-refractivity contribution in [2.75, 3.05) is 36.0 Å². The predicted molar refractivity (Wildman–Crippen MR) is 86.1 cm³/mol. The van der Waals surface area contributed by atoms with Crippen molar-refractivity contribution < 1.29 is 4.39 Å². The highest BCUT2D eigenvalue weighted by Gasteiger charge is 2.21. The number of nitrogens with one attached hydrogen (secondary N) is 1. The number of nitrogens with two attached hydrogens (primary N) is 1. The van der Waals surface area contributed by atoms with Crippen LogP contribution in [0.1, 0.15) is 5.56 Å². The number of rotatable bonds is 3. The van der Waals surface area contributed by atoms with Crippen molar-refractivity contribution in [2.24, 2.45) is 5.73 Å². The van der Waals surface area contributed by atoms with Crippen LogP contribution in [0.15, 0.2) is 42.6 Å². The fraction of sp³-hybridized carbons (Fsp3) is 0.250. The van der Waals surface area contributed by atoms with E-state index in [1.54, 1.807) is 24.4 Å². The van der Waals surface area contributed by atoms with Crippen LogP contribution in [0, 0.1) is 11.2 Å². The van der Waals surface area contributed by atoms with Gasteiger partial charge in [0.05, 0.1) is 5.56 Å². The fourth-order valence-corrected chi connectivity index (χ4v) is 2.69. The van der Waals surface area contributed by atoms with Gasteiger partial charge in [0.1, 0.15) is 17.5 Å². The number of anilines is 2. The van der Waals surface area contributed by atoms with Gasteiger partial charge >= 0.3 is 0 Å². The average Bonchev–Trinajstić information content (AvgIpc) is 2.56. The van der Waals surface area contributed by atoms with Gasteiger partial charge in [0.25, 0.3) is 0 Å². The molecule has 0 aliphatic carbocycles. The van der Waals surface area contributed by atoms with E-state index in [0.717, 1.165) is 37.7 Å². The van der Waals surface area contributed by atoms with E-state index in [1.807, 2.05) is 6.07 Å². The van der Waals surface area contributed by atoms with Crippen LogP contribution in [0.5, 0.6) is 0 Å². The molecule has 5 nitrogen and oxygen atoms in total. The van der Waals surface area contributed by atoms with Gasteiger partial charge in [-0.15, -0.1) is 0 Å². The number of piperazine rings is 1. The first-order chi connectivity index (χ1) is 10.6. The summed E-state index contributed by atoms with van der Waals surface area (Å²) in [7, 11) is 0. The number of hydrogen-bond acceptors (Lipinski definition) is 4. The molecule has 0 bridgehead atoms. The number of hydrogen-bond donors (Lipinski definition) is 2. The van der Waals surface area contributed by atoms with Gasteiger partial charge in [-0.1, -0.05) is 0 Å². The quantitative estimate of drug-likeness (QED) is 0.670. The molecule has 0 spiro atoms. The summed E-state index contributed by atoms with van der Waals surface area (Å²) in [5.41, 5.74) is 7.31. The predicted octanol–water partition coefficient (Wildman–Crippen LogP) is 1.83. The minimum absolute atomic E-state index is 0.0315. The number of amidine groups is 1. The Morgan fingerprint density at radius 1 is 1.05 bits per heavy atom. The Labute approximate surface area is 128 Å². The van der Waals surface area contributed by atoms with E-state index < -0.39 is 0 Å². The molecule has 6 heteroatoms. The molecule has 1 aliphatic heterocycles. The summed E-state index contributed by atoms with van der Waals surface area (Å²) < 4.78 is 13.0. The fourth-order valence-electron chi connectivity index (χ4n) is 2.69. The monoisotopic (exact) mass is 299 g/mol. The van der Waals surface area contributed by atoms with E-state index in [1.165, 1.54) is 12.1 Å². The topological polar surface area (TPSA) is 69.2 Å². The second kappa shape index (κ2) is 6.01. The molecule has 0 radical (unpaired) electrons. The van der Waals surface area contributed by atoms with E-state index in [2.05, 4.69) is 14.8 Å². The molecule has 1 saturated heterocycles. The van der Waals surface area contributed by atoms with Gasteiger partial charge in [0.15, 0.2) is 0 Å². The molecule has 0 unspecified atom stereocenters. The highest BCUT2D eigenvalue weighted by molar-refractivity contribution is 5.99. The van der Waals surface area contributed by atoms with Crippen LogP contribution in [0.2, 0.25) is 0 Å². The first-order valence-electron chi connectivity index (χ1n) is 7.20. The maximum absolute atomic E-state index is 13.0. The zero-order valence-electron chi connectivity index (χ0n) is 12.2. The lowest BCUT2D eigenvalue weighted by Gasteiger charge is -2.37. The molecule has 22 heavy (non-hydrogen) atoms. The molecule has 1 aromatic heterocycles. The largest absolute Gasteiger partial charge is 0.384 e. The highest BCUT2D eigenvalue weighted by atomic mass is 19.1. The van der Waals surface area contributed by atoms with Crippen molar-refractivity contribution >= 4 is 17.3 Å². The first kappa shape index (κ1) is 14.3. The third-order valence-electron chi connectivity index (χ3n) is 3.85. The van der Waals surface area contributed by atoms with Crippen LogP contribution >= 0.6 is 0 Å². The van der Waals surface area contributed by atoms with Crippen LogP contribution in [0.3, 0.4) is 0 Å². The Kier molecular flexibility index (Phi) is 3.91. The highest BCUT2D eigenvalue weighted by Crippen LogP contribution is 2.21. The van der Waals surface area contributed by atoms with Crippen molar-refractivity contribution in [3.63, 3.8) is 0 Å². The van der Waals surface area contributed by atoms with Crippen molar-refractivity contribution in [1.29, 1.82) is 5.41 Å². The lowest BCUT2D eigenvalue weighted by atomic mass is 10.2. The van der Waals surface area contributed by atoms with Gasteiger partial charge in [0, 0.05) is 38.1 Å². The van der Waals surface area contributed by atoms with Gasteiger partial charge in [-0.05, 0) is 36.4 Å². The summed E-state index contributed by atoms with van der Waals surface area (Å²) in [6, 6.07) is 10.2. The van der Waals surface area contributed by atoms with E-state index >= 15 is 0 Å². The molecule has 3 rings (SSSR count). The van der Waals surface area contributed by atoms with E-state index in [9.17, 15) is 4.39 Å². The molecule has 1 aliphatic rings. The van der Waals surface area contributed by atoms with Crippen LogP contribution in [0.4, 0.5) is 15.9 Å². The second-order valence-corrected chi connectivity index (χ2v) is 5.24. The van der Waals surface area contributed by atoms with E-state index in [-0.39, 0.29) is 11.7 Å². The standard InChI is InChI=1S/C16H18FN5/c17-12-3-5-13(6-4-12)21-8-10-22(11-9-21)16-14(15(18)19)2-1-7-20-16/h1-7H,8-11H2,(H3,18,19). The molecule has 3 N–H and O–H groups in total. The third-order valence-corrected chi connectivity index (χ3v) is 3.85. The second-order valence-electron chi connectivity index (χ2n) is 5.24. The summed E-state index contributed by atoms with van der Waals surface area (Å²) in [5.74, 6) is 0.569. The Balaban J connectivity index is 1.72. The molecular formula is C16H18FN5. The normalized spacial score (nSPS) is 15.0. The molecule has 1 aromatic carbocycles. The van der Waals surface area contributed by atoms with Gasteiger partial charge in [-0.2, -0.15) is 0 Å². The molecule has 0 atom stereocenters. The Morgan fingerprint density at radius 3 is 2.32 bits per heavy atom. The summed E-state index contributed by atoms with van der Waals surface area (Å²) >= 11 is 0. The Bertz CT molecular complexity index is 662. The molecular weight excluding hydrogens is 281 g/mol. The molecule has 114 valence electrons. The van der Waals surface area contributed by atoms with Gasteiger partial charge < -0.3 is 15.5 Å². The minimum atomic E-state index is -0.220. The number of benzene rings is 1. The third kappa shape index (κ3) is 2.86. The lowest BCUT2D eigenvalue weighted by Crippen LogP contribution is -2.47. The summed E-state index contributed by atoms with van der Waals surface area (Å²) in [4.78, 5) is 8.72. The number of pyridine rings is 1. The molecule has 0 amide bonds. The zero-order chi connectivity index (χ0) is 15.5. The van der Waals surface area contributed by atoms with Crippen LogP contribution in [-0.2, 0) is 0 Å². The lowest BCUT2D eigenvalue weighted by molar-refractivity contribution is 0.624. The Hall–Kier alpha value is -2.63. The first-order valence-corrected chi connectivity index (χ1v) is 7.20. The summed E-state index contributed by atoms with van der Waals surface area (Å²) in [5, 5.41) is 7.65. The van der Waals surface area contributed by atoms with Crippen LogP contribution in [0.25, 0.3) is 0 Å². The molecule has 2 heterocycles. The van der Waals surface area contributed by atoms with Crippen LogP contribution < -0.4 is 15.5 Å². The maximum Gasteiger partial charge on any atom is 0.139 e. The minimum Gasteiger partial charge on any atom is -0.384 e. The SMILES string of the molecule is N=C(N)c1cccnc1N1CCN(c2ccc(F)cc2)CC1. The van der Waals surface area contributed by atoms with Gasteiger partial charge in [0.2, 0.25) is 0 Å². The van der Waals surface area contributed by atoms with E-state index in [0.29, 0.717) is 5.56 Å².